The van der Waals surface area contributed by atoms with Crippen molar-refractivity contribution in [2.75, 3.05) is 39.7 Å². The lowest BCUT2D eigenvalue weighted by Gasteiger charge is -2.16. The van der Waals surface area contributed by atoms with Crippen molar-refractivity contribution < 1.29 is 4.74 Å². The number of pyridine rings is 1. The maximum atomic E-state index is 6.08. The average Bonchev–Trinajstić information content (AvgIpc) is 2.29. The van der Waals surface area contributed by atoms with Crippen molar-refractivity contribution in [3.63, 3.8) is 0 Å². The molecule has 0 amide bonds. The fourth-order valence-electron chi connectivity index (χ4n) is 1.32. The van der Waals surface area contributed by atoms with Crippen molar-refractivity contribution >= 4 is 17.4 Å². The molecule has 16 heavy (non-hydrogen) atoms. The van der Waals surface area contributed by atoms with E-state index >= 15 is 0 Å². The summed E-state index contributed by atoms with van der Waals surface area (Å²) < 4.78 is 5.02. The number of hydrogen-bond donors (Lipinski definition) is 1. The summed E-state index contributed by atoms with van der Waals surface area (Å²) in [6, 6.07) is 3.72. The van der Waals surface area contributed by atoms with E-state index in [0.29, 0.717) is 11.6 Å². The van der Waals surface area contributed by atoms with E-state index in [4.69, 9.17) is 16.3 Å². The molecule has 1 N–H and O–H groups in total. The number of ether oxygens (including phenoxy) is 1. The number of rotatable bonds is 6. The van der Waals surface area contributed by atoms with E-state index in [9.17, 15) is 0 Å². The van der Waals surface area contributed by atoms with Crippen molar-refractivity contribution in [2.45, 2.75) is 6.54 Å². The number of methoxy groups -OCH3 is 1. The summed E-state index contributed by atoms with van der Waals surface area (Å²) in [7, 11) is 5.55. The normalized spacial score (nSPS) is 10.8. The van der Waals surface area contributed by atoms with Gasteiger partial charge in [-0.25, -0.2) is 4.98 Å². The van der Waals surface area contributed by atoms with Gasteiger partial charge in [-0.2, -0.15) is 0 Å². The van der Waals surface area contributed by atoms with E-state index in [-0.39, 0.29) is 0 Å². The molecule has 0 aromatic carbocycles. The Morgan fingerprint density at radius 1 is 1.50 bits per heavy atom. The standard InChI is InChI=1S/C11H18ClN3O/c1-13-11-5-4-9(12)10(14-11)8-15(2)6-7-16-3/h4-5H,6-8H2,1-3H3,(H,13,14). The highest BCUT2D eigenvalue weighted by Gasteiger charge is 2.06. The lowest BCUT2D eigenvalue weighted by atomic mass is 10.3. The highest BCUT2D eigenvalue weighted by Crippen LogP contribution is 2.17. The van der Waals surface area contributed by atoms with E-state index in [0.717, 1.165) is 24.6 Å². The molecule has 0 fully saturated rings. The van der Waals surface area contributed by atoms with Gasteiger partial charge in [-0.05, 0) is 19.2 Å². The molecule has 4 nitrogen and oxygen atoms in total. The monoisotopic (exact) mass is 243 g/mol. The Balaban J connectivity index is 2.64. The number of aromatic nitrogens is 1. The number of halogens is 1. The van der Waals surface area contributed by atoms with Gasteiger partial charge in [0.15, 0.2) is 0 Å². The first-order valence-corrected chi connectivity index (χ1v) is 5.55. The van der Waals surface area contributed by atoms with Crippen LogP contribution >= 0.6 is 11.6 Å². The molecule has 0 saturated carbocycles. The second-order valence-corrected chi connectivity index (χ2v) is 4.01. The third-order valence-electron chi connectivity index (χ3n) is 2.27. The van der Waals surface area contributed by atoms with E-state index < -0.39 is 0 Å². The molecular weight excluding hydrogens is 226 g/mol. The molecule has 1 aromatic rings. The predicted octanol–water partition coefficient (Wildman–Crippen LogP) is 1.85. The number of hydrogen-bond acceptors (Lipinski definition) is 4. The lowest BCUT2D eigenvalue weighted by molar-refractivity contribution is 0.158. The fourth-order valence-corrected chi connectivity index (χ4v) is 1.48. The van der Waals surface area contributed by atoms with Crippen LogP contribution in [0.2, 0.25) is 5.02 Å². The highest BCUT2D eigenvalue weighted by atomic mass is 35.5. The first-order valence-electron chi connectivity index (χ1n) is 5.18. The maximum Gasteiger partial charge on any atom is 0.126 e. The molecule has 0 aliphatic carbocycles. The molecule has 0 unspecified atom stereocenters. The van der Waals surface area contributed by atoms with Crippen molar-refractivity contribution in [3.8, 4) is 0 Å². The third kappa shape index (κ3) is 3.96. The molecular formula is C11H18ClN3O. The minimum Gasteiger partial charge on any atom is -0.383 e. The molecule has 0 radical (unpaired) electrons. The molecule has 0 bridgehead atoms. The molecule has 1 rings (SSSR count). The van der Waals surface area contributed by atoms with E-state index in [1.165, 1.54) is 0 Å². The summed E-state index contributed by atoms with van der Waals surface area (Å²) in [6.45, 7) is 2.29. The lowest BCUT2D eigenvalue weighted by Crippen LogP contribution is -2.23. The Morgan fingerprint density at radius 2 is 2.25 bits per heavy atom. The molecule has 0 saturated heterocycles. The van der Waals surface area contributed by atoms with Crippen LogP contribution in [0.1, 0.15) is 5.69 Å². The molecule has 0 aliphatic rings. The van der Waals surface area contributed by atoms with Gasteiger partial charge in [0.2, 0.25) is 0 Å². The molecule has 0 atom stereocenters. The summed E-state index contributed by atoms with van der Waals surface area (Å²) in [5.74, 6) is 0.833. The minimum absolute atomic E-state index is 0.697. The Labute approximate surface area is 102 Å². The van der Waals surface area contributed by atoms with Gasteiger partial charge >= 0.3 is 0 Å². The van der Waals surface area contributed by atoms with Crippen LogP contribution in [0.3, 0.4) is 0 Å². The van der Waals surface area contributed by atoms with Crippen LogP contribution in [0, 0.1) is 0 Å². The second-order valence-electron chi connectivity index (χ2n) is 3.61. The van der Waals surface area contributed by atoms with Gasteiger partial charge < -0.3 is 10.1 Å². The zero-order valence-electron chi connectivity index (χ0n) is 9.96. The summed E-state index contributed by atoms with van der Waals surface area (Å²) in [6.07, 6.45) is 0. The van der Waals surface area contributed by atoms with E-state index in [1.54, 1.807) is 7.11 Å². The van der Waals surface area contributed by atoms with Crippen LogP contribution in [0.25, 0.3) is 0 Å². The van der Waals surface area contributed by atoms with Crippen molar-refractivity contribution in [3.05, 3.63) is 22.8 Å². The van der Waals surface area contributed by atoms with Gasteiger partial charge in [0.05, 0.1) is 17.3 Å². The summed E-state index contributed by atoms with van der Waals surface area (Å²) in [4.78, 5) is 6.54. The zero-order chi connectivity index (χ0) is 12.0. The Hall–Kier alpha value is -0.840. The fraction of sp³-hybridized carbons (Fsp3) is 0.545. The summed E-state index contributed by atoms with van der Waals surface area (Å²) >= 11 is 6.08. The predicted molar refractivity (Wildman–Crippen MR) is 67.0 cm³/mol. The molecule has 90 valence electrons. The van der Waals surface area contributed by atoms with Crippen LogP contribution in [-0.4, -0.2) is 44.2 Å². The van der Waals surface area contributed by atoms with Gasteiger partial charge in [-0.3, -0.25) is 4.90 Å². The molecule has 1 heterocycles. The van der Waals surface area contributed by atoms with E-state index in [1.807, 2.05) is 26.2 Å². The third-order valence-corrected chi connectivity index (χ3v) is 2.62. The van der Waals surface area contributed by atoms with Gasteiger partial charge in [-0.15, -0.1) is 0 Å². The molecule has 0 aliphatic heterocycles. The van der Waals surface area contributed by atoms with Gasteiger partial charge in [0.25, 0.3) is 0 Å². The summed E-state index contributed by atoms with van der Waals surface area (Å²) in [5, 5.41) is 3.70. The number of nitrogens with zero attached hydrogens (tertiary/aromatic N) is 2. The Kier molecular flexibility index (Phi) is 5.52. The maximum absolute atomic E-state index is 6.08. The Morgan fingerprint density at radius 3 is 2.88 bits per heavy atom. The largest absolute Gasteiger partial charge is 0.383 e. The van der Waals surface area contributed by atoms with Crippen LogP contribution in [0.15, 0.2) is 12.1 Å². The van der Waals surface area contributed by atoms with Crippen LogP contribution in [-0.2, 0) is 11.3 Å². The van der Waals surface area contributed by atoms with Gasteiger partial charge in [-0.1, -0.05) is 11.6 Å². The second kappa shape index (κ2) is 6.68. The van der Waals surface area contributed by atoms with Crippen molar-refractivity contribution in [1.82, 2.24) is 9.88 Å². The van der Waals surface area contributed by atoms with Crippen LogP contribution in [0.4, 0.5) is 5.82 Å². The SMILES string of the molecule is CNc1ccc(Cl)c(CN(C)CCOC)n1. The van der Waals surface area contributed by atoms with Crippen LogP contribution in [0.5, 0.6) is 0 Å². The van der Waals surface area contributed by atoms with Gasteiger partial charge in [0, 0.05) is 27.2 Å². The number of nitrogens with one attached hydrogen (secondary N) is 1. The topological polar surface area (TPSA) is 37.4 Å². The quantitative estimate of drug-likeness (QED) is 0.828. The minimum atomic E-state index is 0.697. The van der Waals surface area contributed by atoms with E-state index in [2.05, 4.69) is 15.2 Å². The van der Waals surface area contributed by atoms with Crippen LogP contribution < -0.4 is 5.32 Å². The molecule has 5 heteroatoms. The molecule has 1 aromatic heterocycles. The van der Waals surface area contributed by atoms with Crippen molar-refractivity contribution in [2.24, 2.45) is 0 Å². The smallest absolute Gasteiger partial charge is 0.126 e. The highest BCUT2D eigenvalue weighted by molar-refractivity contribution is 6.31. The number of likely N-dealkylation sites (N-methyl/N-ethyl adjacent to an activating group) is 1. The number of anilines is 1. The summed E-state index contributed by atoms with van der Waals surface area (Å²) in [5.41, 5.74) is 0.882. The molecule has 0 spiro atoms. The Bertz CT molecular complexity index is 333. The average molecular weight is 244 g/mol. The first kappa shape index (κ1) is 13.2. The zero-order valence-corrected chi connectivity index (χ0v) is 10.7. The van der Waals surface area contributed by atoms with Gasteiger partial charge in [0.1, 0.15) is 5.82 Å². The van der Waals surface area contributed by atoms with Crippen molar-refractivity contribution in [1.29, 1.82) is 0 Å². The first-order chi connectivity index (χ1) is 7.67.